The van der Waals surface area contributed by atoms with E-state index in [-0.39, 0.29) is 0 Å². The van der Waals surface area contributed by atoms with Crippen LogP contribution in [0.3, 0.4) is 0 Å². The molecule has 0 spiro atoms. The van der Waals surface area contributed by atoms with E-state index < -0.39 is 0 Å². The lowest BCUT2D eigenvalue weighted by atomic mass is 10.3. The van der Waals surface area contributed by atoms with Crippen LogP contribution in [-0.2, 0) is 4.74 Å². The number of hydrogen-bond donors (Lipinski definition) is 0. The van der Waals surface area contributed by atoms with Gasteiger partial charge in [-0.1, -0.05) is 37.5 Å². The van der Waals surface area contributed by atoms with Crippen LogP contribution in [0.15, 0.2) is 66.2 Å². The Morgan fingerprint density at radius 2 is 1.87 bits per heavy atom. The molecule has 1 rings (SSSR count). The molecule has 0 aliphatic carbocycles. The summed E-state index contributed by atoms with van der Waals surface area (Å²) in [6.07, 6.45) is 15.1. The second-order valence-corrected chi connectivity index (χ2v) is 3.06. The largest absolute Gasteiger partial charge is 0.457 e. The summed E-state index contributed by atoms with van der Waals surface area (Å²) in [6.45, 7) is 7.43. The molecule has 0 bridgehead atoms. The molecule has 0 aromatic heterocycles. The van der Waals surface area contributed by atoms with Crippen LogP contribution < -0.4 is 0 Å². The maximum atomic E-state index is 5.27. The molecule has 78 valence electrons. The number of rotatable bonds is 0. The van der Waals surface area contributed by atoms with Gasteiger partial charge < -0.3 is 4.74 Å². The molecule has 1 aliphatic rings. The summed E-state index contributed by atoms with van der Waals surface area (Å²) in [5, 5.41) is 0. The number of nitrogens with zero attached hydrogens (tertiary/aromatic N) is 1. The van der Waals surface area contributed by atoms with Gasteiger partial charge in [-0.25, -0.2) is 0 Å². The third kappa shape index (κ3) is 5.47. The van der Waals surface area contributed by atoms with Crippen molar-refractivity contribution >= 4 is 6.21 Å². The van der Waals surface area contributed by atoms with Crippen molar-refractivity contribution in [1.82, 2.24) is 0 Å². The molecule has 0 amide bonds. The van der Waals surface area contributed by atoms with Crippen molar-refractivity contribution in [2.75, 3.05) is 0 Å². The molecule has 15 heavy (non-hydrogen) atoms. The molecule has 0 N–H and O–H groups in total. The van der Waals surface area contributed by atoms with E-state index in [1.807, 2.05) is 18.2 Å². The summed E-state index contributed by atoms with van der Waals surface area (Å²) in [4.78, 5) is 4.03. The van der Waals surface area contributed by atoms with Crippen LogP contribution in [-0.4, -0.2) is 6.21 Å². The van der Waals surface area contributed by atoms with Crippen molar-refractivity contribution in [3.8, 4) is 0 Å². The molecule has 0 aromatic rings. The molecule has 0 saturated carbocycles. The van der Waals surface area contributed by atoms with E-state index in [1.54, 1.807) is 18.5 Å². The summed E-state index contributed by atoms with van der Waals surface area (Å²) in [7, 11) is 0. The Morgan fingerprint density at radius 3 is 2.73 bits per heavy atom. The Bertz CT molecular complexity index is 312. The van der Waals surface area contributed by atoms with Crippen LogP contribution in [0, 0.1) is 0 Å². The van der Waals surface area contributed by atoms with Gasteiger partial charge in [-0.2, -0.15) is 0 Å². The molecule has 0 fully saturated rings. The highest BCUT2D eigenvalue weighted by Crippen LogP contribution is 2.03. The minimum Gasteiger partial charge on any atom is -0.457 e. The maximum Gasteiger partial charge on any atom is 0.138 e. The molecule has 2 heteroatoms. The highest BCUT2D eigenvalue weighted by atomic mass is 16.5. The van der Waals surface area contributed by atoms with E-state index in [2.05, 4.69) is 24.2 Å². The van der Waals surface area contributed by atoms with Gasteiger partial charge >= 0.3 is 0 Å². The highest BCUT2D eigenvalue weighted by Gasteiger charge is 1.91. The average molecular weight is 201 g/mol. The lowest BCUT2D eigenvalue weighted by molar-refractivity contribution is 0.351. The Balaban J connectivity index is 2.68. The van der Waals surface area contributed by atoms with Crippen molar-refractivity contribution in [1.29, 1.82) is 0 Å². The smallest absolute Gasteiger partial charge is 0.138 e. The summed E-state index contributed by atoms with van der Waals surface area (Å²) >= 11 is 0. The van der Waals surface area contributed by atoms with E-state index >= 15 is 0 Å². The fraction of sp³-hybridized carbons (Fsp3) is 0.154. The van der Waals surface area contributed by atoms with E-state index in [0.29, 0.717) is 11.5 Å². The number of aliphatic imine (C=N–C) groups is 1. The van der Waals surface area contributed by atoms with E-state index in [9.17, 15) is 0 Å². The summed E-state index contributed by atoms with van der Waals surface area (Å²) in [6, 6.07) is 0. The number of hydrogen-bond acceptors (Lipinski definition) is 2. The van der Waals surface area contributed by atoms with Gasteiger partial charge in [0.1, 0.15) is 11.5 Å². The van der Waals surface area contributed by atoms with Crippen LogP contribution in [0.5, 0.6) is 0 Å². The van der Waals surface area contributed by atoms with Gasteiger partial charge in [0.05, 0.1) is 6.21 Å². The topological polar surface area (TPSA) is 21.6 Å². The van der Waals surface area contributed by atoms with Crippen LogP contribution in [0.2, 0.25) is 0 Å². The van der Waals surface area contributed by atoms with E-state index in [0.717, 1.165) is 12.8 Å². The third-order valence-corrected chi connectivity index (χ3v) is 1.70. The predicted octanol–water partition coefficient (Wildman–Crippen LogP) is 3.52. The molecule has 0 unspecified atom stereocenters. The lowest BCUT2D eigenvalue weighted by Crippen LogP contribution is -1.88. The molecular formula is C13H15NO. The Labute approximate surface area is 90.7 Å². The molecule has 0 saturated heterocycles. The van der Waals surface area contributed by atoms with Crippen LogP contribution in [0.25, 0.3) is 0 Å². The standard InChI is InChI=1S/C13H15NO/c1-12-9-7-5-3-4-6-8-10-14-11-13(2)15-12/h3,5,7-11H,1-2,4,6H2/b5-3-,9-7-,10-8-,14-11?. The van der Waals surface area contributed by atoms with Gasteiger partial charge in [0.2, 0.25) is 0 Å². The fourth-order valence-electron chi connectivity index (χ4n) is 1.02. The minimum atomic E-state index is 0.484. The van der Waals surface area contributed by atoms with Crippen molar-refractivity contribution in [3.05, 3.63) is 61.3 Å². The normalized spacial score (nSPS) is 24.3. The Hall–Kier alpha value is -1.83. The van der Waals surface area contributed by atoms with Crippen molar-refractivity contribution in [2.45, 2.75) is 12.8 Å². The van der Waals surface area contributed by atoms with Gasteiger partial charge in [0.25, 0.3) is 0 Å². The second kappa shape index (κ2) is 6.60. The van der Waals surface area contributed by atoms with Gasteiger partial charge in [-0.3, -0.25) is 4.99 Å². The first-order valence-corrected chi connectivity index (χ1v) is 4.86. The van der Waals surface area contributed by atoms with E-state index in [1.165, 1.54) is 0 Å². The lowest BCUT2D eigenvalue weighted by Gasteiger charge is -2.02. The molecule has 2 nitrogen and oxygen atoms in total. The Kier molecular flexibility index (Phi) is 4.95. The monoisotopic (exact) mass is 201 g/mol. The van der Waals surface area contributed by atoms with Crippen LogP contribution in [0.4, 0.5) is 0 Å². The minimum absolute atomic E-state index is 0.484. The quantitative estimate of drug-likeness (QED) is 0.587. The molecule has 0 atom stereocenters. The third-order valence-electron chi connectivity index (χ3n) is 1.70. The SMILES string of the molecule is C=C1C=N/C=C\CC/C=C\C=C/C(=C)O1. The first kappa shape index (κ1) is 11.2. The van der Waals surface area contributed by atoms with Crippen molar-refractivity contribution in [3.63, 3.8) is 0 Å². The van der Waals surface area contributed by atoms with Gasteiger partial charge in [-0.15, -0.1) is 0 Å². The van der Waals surface area contributed by atoms with Crippen LogP contribution in [0.1, 0.15) is 12.8 Å². The predicted molar refractivity (Wildman–Crippen MR) is 64.5 cm³/mol. The Morgan fingerprint density at radius 1 is 1.07 bits per heavy atom. The van der Waals surface area contributed by atoms with Gasteiger partial charge in [0.15, 0.2) is 0 Å². The van der Waals surface area contributed by atoms with Gasteiger partial charge in [0, 0.05) is 6.20 Å². The molecular weight excluding hydrogens is 186 g/mol. The zero-order valence-corrected chi connectivity index (χ0v) is 8.73. The molecule has 1 aliphatic heterocycles. The highest BCUT2D eigenvalue weighted by molar-refractivity contribution is 5.75. The summed E-state index contributed by atoms with van der Waals surface area (Å²) in [5.41, 5.74) is 0. The van der Waals surface area contributed by atoms with Crippen molar-refractivity contribution < 1.29 is 4.74 Å². The molecule has 0 aromatic carbocycles. The first-order chi connectivity index (χ1) is 7.29. The first-order valence-electron chi connectivity index (χ1n) is 4.86. The zero-order valence-electron chi connectivity index (χ0n) is 8.73. The number of ether oxygens (including phenoxy) is 1. The molecule has 1 heterocycles. The summed E-state index contributed by atoms with van der Waals surface area (Å²) in [5.74, 6) is 1.04. The average Bonchev–Trinajstić information content (AvgIpc) is 2.21. The van der Waals surface area contributed by atoms with Crippen molar-refractivity contribution in [2.24, 2.45) is 4.99 Å². The molecule has 0 radical (unpaired) electrons. The number of allylic oxidation sites excluding steroid dienone is 6. The van der Waals surface area contributed by atoms with Gasteiger partial charge in [-0.05, 0) is 18.9 Å². The maximum absolute atomic E-state index is 5.27. The summed E-state index contributed by atoms with van der Waals surface area (Å²) < 4.78 is 5.27. The zero-order chi connectivity index (χ0) is 10.9. The fourth-order valence-corrected chi connectivity index (χ4v) is 1.02. The van der Waals surface area contributed by atoms with Crippen LogP contribution >= 0.6 is 0 Å². The second-order valence-electron chi connectivity index (χ2n) is 3.06. The van der Waals surface area contributed by atoms with E-state index in [4.69, 9.17) is 4.74 Å².